The van der Waals surface area contributed by atoms with E-state index in [9.17, 15) is 4.79 Å². The van der Waals surface area contributed by atoms with Crippen molar-refractivity contribution >= 4 is 11.6 Å². The van der Waals surface area contributed by atoms with Gasteiger partial charge in [-0.15, -0.1) is 0 Å². The molecule has 0 aromatic heterocycles. The summed E-state index contributed by atoms with van der Waals surface area (Å²) in [6.45, 7) is 0.472. The third-order valence-electron chi connectivity index (χ3n) is 3.18. The van der Waals surface area contributed by atoms with Crippen molar-refractivity contribution in [1.82, 2.24) is 5.32 Å². The maximum atomic E-state index is 12.1. The summed E-state index contributed by atoms with van der Waals surface area (Å²) in [5.41, 5.74) is 7.86. The molecule has 1 atom stereocenters. The molecule has 0 bridgehead atoms. The van der Waals surface area contributed by atoms with E-state index in [0.29, 0.717) is 17.9 Å². The van der Waals surface area contributed by atoms with E-state index in [2.05, 4.69) is 5.32 Å². The first-order valence-corrected chi connectivity index (χ1v) is 6.12. The van der Waals surface area contributed by atoms with Gasteiger partial charge in [0.1, 0.15) is 12.4 Å². The Kier molecular flexibility index (Phi) is 2.83. The van der Waals surface area contributed by atoms with Gasteiger partial charge in [-0.1, -0.05) is 18.2 Å². The van der Waals surface area contributed by atoms with Crippen molar-refractivity contribution in [3.63, 3.8) is 0 Å². The molecule has 96 valence electrons. The van der Waals surface area contributed by atoms with Gasteiger partial charge in [0.2, 0.25) is 0 Å². The number of ether oxygens (including phenoxy) is 1. The fraction of sp³-hybridized carbons (Fsp3) is 0.133. The van der Waals surface area contributed by atoms with Crippen LogP contribution in [0.5, 0.6) is 5.75 Å². The fourth-order valence-corrected chi connectivity index (χ4v) is 2.16. The van der Waals surface area contributed by atoms with Gasteiger partial charge in [0, 0.05) is 16.8 Å². The third kappa shape index (κ3) is 2.25. The lowest BCUT2D eigenvalue weighted by Crippen LogP contribution is -2.29. The number of hydrogen-bond acceptors (Lipinski definition) is 3. The first kappa shape index (κ1) is 11.6. The highest BCUT2D eigenvalue weighted by atomic mass is 16.5. The number of carbonyl (C=O) groups is 1. The molecule has 1 amide bonds. The second-order valence-corrected chi connectivity index (χ2v) is 4.50. The minimum absolute atomic E-state index is 0.0961. The molecule has 1 aliphatic heterocycles. The maximum absolute atomic E-state index is 12.1. The van der Waals surface area contributed by atoms with E-state index < -0.39 is 0 Å². The zero-order valence-electron chi connectivity index (χ0n) is 10.3. The second-order valence-electron chi connectivity index (χ2n) is 4.50. The molecule has 1 heterocycles. The van der Waals surface area contributed by atoms with Gasteiger partial charge in [-0.25, -0.2) is 0 Å². The number of fused-ring (bicyclic) bond motifs is 1. The summed E-state index contributed by atoms with van der Waals surface area (Å²) >= 11 is 0. The summed E-state index contributed by atoms with van der Waals surface area (Å²) in [6, 6.07) is 14.5. The van der Waals surface area contributed by atoms with Crippen LogP contribution >= 0.6 is 0 Å². The summed E-state index contributed by atoms with van der Waals surface area (Å²) < 4.78 is 5.53. The highest BCUT2D eigenvalue weighted by Crippen LogP contribution is 2.31. The molecule has 0 fully saturated rings. The Morgan fingerprint density at radius 3 is 2.68 bits per heavy atom. The molecule has 0 saturated heterocycles. The van der Waals surface area contributed by atoms with Gasteiger partial charge in [-0.2, -0.15) is 0 Å². The van der Waals surface area contributed by atoms with Crippen LogP contribution in [0.25, 0.3) is 0 Å². The van der Waals surface area contributed by atoms with Crippen LogP contribution in [0.15, 0.2) is 48.5 Å². The number of amides is 1. The number of nitrogens with two attached hydrogens (primary N) is 1. The van der Waals surface area contributed by atoms with Crippen molar-refractivity contribution < 1.29 is 9.53 Å². The molecule has 1 unspecified atom stereocenters. The van der Waals surface area contributed by atoms with Gasteiger partial charge in [0.15, 0.2) is 0 Å². The average molecular weight is 254 g/mol. The second kappa shape index (κ2) is 4.65. The van der Waals surface area contributed by atoms with E-state index in [1.165, 1.54) is 0 Å². The SMILES string of the molecule is Nc1ccc(C(=O)NC2COc3ccccc32)cc1. The van der Waals surface area contributed by atoms with Gasteiger partial charge in [-0.05, 0) is 30.3 Å². The Balaban J connectivity index is 1.76. The van der Waals surface area contributed by atoms with E-state index in [1.54, 1.807) is 24.3 Å². The topological polar surface area (TPSA) is 64.4 Å². The number of benzene rings is 2. The molecular formula is C15H14N2O2. The molecule has 19 heavy (non-hydrogen) atoms. The van der Waals surface area contributed by atoms with Gasteiger partial charge < -0.3 is 15.8 Å². The quantitative estimate of drug-likeness (QED) is 0.807. The summed E-state index contributed by atoms with van der Waals surface area (Å²) in [5.74, 6) is 0.718. The molecule has 4 nitrogen and oxygen atoms in total. The maximum Gasteiger partial charge on any atom is 0.251 e. The van der Waals surface area contributed by atoms with Crippen LogP contribution in [0.1, 0.15) is 22.0 Å². The van der Waals surface area contributed by atoms with Crippen molar-refractivity contribution in [2.45, 2.75) is 6.04 Å². The van der Waals surface area contributed by atoms with Crippen LogP contribution in [0.3, 0.4) is 0 Å². The molecule has 3 N–H and O–H groups in total. The Labute approximate surface area is 111 Å². The number of carbonyl (C=O) groups excluding carboxylic acids is 1. The average Bonchev–Trinajstić information content (AvgIpc) is 2.83. The van der Waals surface area contributed by atoms with E-state index >= 15 is 0 Å². The zero-order chi connectivity index (χ0) is 13.2. The number of anilines is 1. The molecule has 0 spiro atoms. The lowest BCUT2D eigenvalue weighted by molar-refractivity contribution is 0.0930. The Bertz CT molecular complexity index is 608. The Morgan fingerprint density at radius 1 is 1.16 bits per heavy atom. The standard InChI is InChI=1S/C15H14N2O2/c16-11-7-5-10(6-8-11)15(18)17-13-9-19-14-4-2-1-3-12(13)14/h1-8,13H,9,16H2,(H,17,18). The third-order valence-corrected chi connectivity index (χ3v) is 3.18. The first-order chi connectivity index (χ1) is 9.24. The molecule has 4 heteroatoms. The summed E-state index contributed by atoms with van der Waals surface area (Å²) in [7, 11) is 0. The summed E-state index contributed by atoms with van der Waals surface area (Å²) in [4.78, 5) is 12.1. The zero-order valence-corrected chi connectivity index (χ0v) is 10.3. The Hall–Kier alpha value is -2.49. The van der Waals surface area contributed by atoms with Crippen LogP contribution in [-0.4, -0.2) is 12.5 Å². The molecule has 2 aromatic rings. The number of hydrogen-bond donors (Lipinski definition) is 2. The molecule has 0 aliphatic carbocycles. The van der Waals surface area contributed by atoms with Gasteiger partial charge in [-0.3, -0.25) is 4.79 Å². The monoisotopic (exact) mass is 254 g/mol. The Morgan fingerprint density at radius 2 is 1.89 bits per heavy atom. The number of nitrogens with one attached hydrogen (secondary N) is 1. The van der Waals surface area contributed by atoms with E-state index in [-0.39, 0.29) is 11.9 Å². The predicted molar refractivity (Wildman–Crippen MR) is 73.0 cm³/mol. The van der Waals surface area contributed by atoms with E-state index in [1.807, 2.05) is 24.3 Å². The summed E-state index contributed by atoms with van der Waals surface area (Å²) in [5, 5.41) is 2.97. The van der Waals surface area contributed by atoms with Crippen molar-refractivity contribution in [2.24, 2.45) is 0 Å². The molecule has 0 saturated carbocycles. The fourth-order valence-electron chi connectivity index (χ4n) is 2.16. The largest absolute Gasteiger partial charge is 0.491 e. The van der Waals surface area contributed by atoms with Crippen molar-refractivity contribution in [3.8, 4) is 5.75 Å². The molecule has 1 aliphatic rings. The van der Waals surface area contributed by atoms with Crippen LogP contribution in [0.4, 0.5) is 5.69 Å². The first-order valence-electron chi connectivity index (χ1n) is 6.12. The van der Waals surface area contributed by atoms with Crippen molar-refractivity contribution in [3.05, 3.63) is 59.7 Å². The van der Waals surface area contributed by atoms with Crippen LogP contribution < -0.4 is 15.8 Å². The number of para-hydroxylation sites is 1. The molecule has 3 rings (SSSR count). The van der Waals surface area contributed by atoms with Crippen molar-refractivity contribution in [2.75, 3.05) is 12.3 Å². The van der Waals surface area contributed by atoms with E-state index in [0.717, 1.165) is 11.3 Å². The lowest BCUT2D eigenvalue weighted by Gasteiger charge is -2.11. The smallest absolute Gasteiger partial charge is 0.251 e. The lowest BCUT2D eigenvalue weighted by atomic mass is 10.1. The van der Waals surface area contributed by atoms with Gasteiger partial charge >= 0.3 is 0 Å². The van der Waals surface area contributed by atoms with Crippen molar-refractivity contribution in [1.29, 1.82) is 0 Å². The summed E-state index contributed by atoms with van der Waals surface area (Å²) in [6.07, 6.45) is 0. The van der Waals surface area contributed by atoms with Gasteiger partial charge in [0.05, 0.1) is 6.04 Å². The van der Waals surface area contributed by atoms with Crippen LogP contribution in [0.2, 0.25) is 0 Å². The minimum Gasteiger partial charge on any atom is -0.491 e. The van der Waals surface area contributed by atoms with Crippen LogP contribution in [0, 0.1) is 0 Å². The number of nitrogen functional groups attached to an aromatic ring is 1. The highest BCUT2D eigenvalue weighted by molar-refractivity contribution is 5.94. The highest BCUT2D eigenvalue weighted by Gasteiger charge is 2.25. The van der Waals surface area contributed by atoms with Crippen LogP contribution in [-0.2, 0) is 0 Å². The molecular weight excluding hydrogens is 240 g/mol. The number of rotatable bonds is 2. The predicted octanol–water partition coefficient (Wildman–Crippen LogP) is 2.13. The minimum atomic E-state index is -0.120. The van der Waals surface area contributed by atoms with E-state index in [4.69, 9.17) is 10.5 Å². The molecule has 2 aromatic carbocycles. The van der Waals surface area contributed by atoms with Gasteiger partial charge in [0.25, 0.3) is 5.91 Å². The normalized spacial score (nSPS) is 16.5. The molecule has 0 radical (unpaired) electrons.